The number of carbonyl (C=O) groups is 1. The largest absolute Gasteiger partial charge is 0.434 e. The van der Waals surface area contributed by atoms with Crippen molar-refractivity contribution in [2.24, 2.45) is 7.05 Å². The lowest BCUT2D eigenvalue weighted by Gasteiger charge is -2.42. The molecule has 0 radical (unpaired) electrons. The maximum atomic E-state index is 13.7. The van der Waals surface area contributed by atoms with E-state index in [2.05, 4.69) is 25.4 Å². The van der Waals surface area contributed by atoms with E-state index >= 15 is 0 Å². The number of aryl methyl sites for hydroxylation is 1. The molecule has 0 saturated carbocycles. The van der Waals surface area contributed by atoms with Crippen LogP contribution in [-0.4, -0.2) is 66.9 Å². The van der Waals surface area contributed by atoms with Crippen LogP contribution in [0.3, 0.4) is 0 Å². The molecule has 3 aromatic rings. The van der Waals surface area contributed by atoms with Gasteiger partial charge in [0.25, 0.3) is 5.91 Å². The van der Waals surface area contributed by atoms with Gasteiger partial charge in [0.05, 0.1) is 46.9 Å². The summed E-state index contributed by atoms with van der Waals surface area (Å²) in [5, 5.41) is 7.82. The van der Waals surface area contributed by atoms with E-state index in [0.29, 0.717) is 29.0 Å². The highest BCUT2D eigenvalue weighted by atomic mass is 35.5. The van der Waals surface area contributed by atoms with E-state index in [1.54, 1.807) is 30.3 Å². The second-order valence-electron chi connectivity index (χ2n) is 8.27. The van der Waals surface area contributed by atoms with E-state index in [9.17, 15) is 18.0 Å². The van der Waals surface area contributed by atoms with Crippen molar-refractivity contribution < 1.29 is 22.7 Å². The number of pyridine rings is 1. The van der Waals surface area contributed by atoms with Crippen LogP contribution in [0.1, 0.15) is 30.0 Å². The standard InChI is InChI=1S/C22H23ClF3N7O2/c1-12-10-33(21(34)20-15(11-32(3)31-20)16-5-4-14(23)6-27-16)17(13(2)35-12)7-29-19-9-28-18(8-30-19)22(24,25)26/h4-6,8-9,11-13,17H,7,10H2,1-3H3,(H,29,30)/t12-,13-,17+/m0/s1. The second kappa shape index (κ2) is 9.78. The lowest BCUT2D eigenvalue weighted by molar-refractivity contribution is -0.141. The monoisotopic (exact) mass is 509 g/mol. The van der Waals surface area contributed by atoms with Crippen LogP contribution in [0.15, 0.2) is 36.9 Å². The van der Waals surface area contributed by atoms with Crippen LogP contribution in [0.5, 0.6) is 0 Å². The molecule has 0 spiro atoms. The third-order valence-corrected chi connectivity index (χ3v) is 5.80. The molecule has 0 unspecified atom stereocenters. The Morgan fingerprint density at radius 2 is 1.97 bits per heavy atom. The van der Waals surface area contributed by atoms with E-state index in [1.165, 1.54) is 10.9 Å². The van der Waals surface area contributed by atoms with Crippen molar-refractivity contribution >= 4 is 23.3 Å². The van der Waals surface area contributed by atoms with Gasteiger partial charge in [0, 0.05) is 32.5 Å². The van der Waals surface area contributed by atoms with Crippen molar-refractivity contribution in [2.45, 2.75) is 38.3 Å². The van der Waals surface area contributed by atoms with Crippen molar-refractivity contribution in [1.82, 2.24) is 29.6 Å². The molecular formula is C22H23ClF3N7O2. The van der Waals surface area contributed by atoms with Gasteiger partial charge in [-0.2, -0.15) is 18.3 Å². The quantitative estimate of drug-likeness (QED) is 0.560. The zero-order chi connectivity index (χ0) is 25.3. The van der Waals surface area contributed by atoms with Crippen molar-refractivity contribution in [2.75, 3.05) is 18.4 Å². The fraction of sp³-hybridized carbons (Fsp3) is 0.409. The third-order valence-electron chi connectivity index (χ3n) is 5.57. The second-order valence-corrected chi connectivity index (χ2v) is 8.71. The molecule has 4 heterocycles. The molecule has 1 N–H and O–H groups in total. The van der Waals surface area contributed by atoms with Gasteiger partial charge in [0.1, 0.15) is 5.82 Å². The normalized spacial score (nSPS) is 20.7. The van der Waals surface area contributed by atoms with Crippen LogP contribution in [0.25, 0.3) is 11.3 Å². The summed E-state index contributed by atoms with van der Waals surface area (Å²) in [6, 6.07) is 2.95. The van der Waals surface area contributed by atoms with Crippen LogP contribution >= 0.6 is 11.6 Å². The molecule has 3 atom stereocenters. The summed E-state index contributed by atoms with van der Waals surface area (Å²) in [5.41, 5.74) is 0.251. The third kappa shape index (κ3) is 5.54. The Hall–Kier alpha value is -3.25. The lowest BCUT2D eigenvalue weighted by Crippen LogP contribution is -2.58. The van der Waals surface area contributed by atoms with E-state index in [0.717, 1.165) is 6.20 Å². The van der Waals surface area contributed by atoms with Crippen LogP contribution in [0.4, 0.5) is 19.0 Å². The summed E-state index contributed by atoms with van der Waals surface area (Å²) in [6.07, 6.45) is -0.287. The number of hydrogen-bond acceptors (Lipinski definition) is 7. The molecule has 1 amide bonds. The van der Waals surface area contributed by atoms with Gasteiger partial charge in [-0.3, -0.25) is 14.5 Å². The first-order chi connectivity index (χ1) is 16.5. The molecule has 13 heteroatoms. The number of morpholine rings is 1. The average Bonchev–Trinajstić information content (AvgIpc) is 3.19. The van der Waals surface area contributed by atoms with E-state index in [4.69, 9.17) is 16.3 Å². The molecule has 186 valence electrons. The van der Waals surface area contributed by atoms with E-state index < -0.39 is 17.9 Å². The molecular weight excluding hydrogens is 487 g/mol. The number of hydrogen-bond donors (Lipinski definition) is 1. The molecule has 4 rings (SSSR count). The Balaban J connectivity index is 1.57. The summed E-state index contributed by atoms with van der Waals surface area (Å²) in [4.78, 5) is 26.9. The zero-order valence-electron chi connectivity index (χ0n) is 19.1. The smallest absolute Gasteiger partial charge is 0.372 e. The highest BCUT2D eigenvalue weighted by molar-refractivity contribution is 6.30. The molecule has 0 aliphatic carbocycles. The fourth-order valence-electron chi connectivity index (χ4n) is 3.96. The van der Waals surface area contributed by atoms with Gasteiger partial charge in [0.15, 0.2) is 11.4 Å². The maximum Gasteiger partial charge on any atom is 0.434 e. The van der Waals surface area contributed by atoms with Crippen LogP contribution in [0.2, 0.25) is 5.02 Å². The molecule has 0 aromatic carbocycles. The van der Waals surface area contributed by atoms with Gasteiger partial charge < -0.3 is 15.0 Å². The number of nitrogens with zero attached hydrogens (tertiary/aromatic N) is 6. The van der Waals surface area contributed by atoms with Gasteiger partial charge in [-0.1, -0.05) is 11.6 Å². The minimum Gasteiger partial charge on any atom is -0.372 e. The number of carbonyl (C=O) groups excluding carboxylic acids is 1. The number of rotatable bonds is 5. The number of alkyl halides is 3. The minimum absolute atomic E-state index is 0.153. The first kappa shape index (κ1) is 24.9. The molecule has 1 fully saturated rings. The van der Waals surface area contributed by atoms with Crippen molar-refractivity contribution in [3.8, 4) is 11.3 Å². The van der Waals surface area contributed by atoms with Crippen molar-refractivity contribution in [3.63, 3.8) is 0 Å². The fourth-order valence-corrected chi connectivity index (χ4v) is 4.07. The predicted octanol–water partition coefficient (Wildman–Crippen LogP) is 3.67. The molecule has 9 nitrogen and oxygen atoms in total. The number of halogens is 4. The number of anilines is 1. The summed E-state index contributed by atoms with van der Waals surface area (Å²) >= 11 is 5.95. The van der Waals surface area contributed by atoms with Crippen molar-refractivity contribution in [3.05, 3.63) is 53.3 Å². The molecule has 1 saturated heterocycles. The van der Waals surface area contributed by atoms with Gasteiger partial charge >= 0.3 is 6.18 Å². The topological polar surface area (TPSA) is 98.1 Å². The van der Waals surface area contributed by atoms with Crippen LogP contribution in [0, 0.1) is 0 Å². The number of aromatic nitrogens is 5. The van der Waals surface area contributed by atoms with Gasteiger partial charge in [-0.05, 0) is 26.0 Å². The summed E-state index contributed by atoms with van der Waals surface area (Å²) in [5.74, 6) is -0.162. The van der Waals surface area contributed by atoms with Gasteiger partial charge in [-0.15, -0.1) is 0 Å². The molecule has 1 aliphatic heterocycles. The van der Waals surface area contributed by atoms with Crippen LogP contribution < -0.4 is 5.32 Å². The van der Waals surface area contributed by atoms with E-state index in [-0.39, 0.29) is 36.2 Å². The highest BCUT2D eigenvalue weighted by Gasteiger charge is 2.38. The Morgan fingerprint density at radius 3 is 2.60 bits per heavy atom. The van der Waals surface area contributed by atoms with Gasteiger partial charge in [-0.25, -0.2) is 9.97 Å². The van der Waals surface area contributed by atoms with E-state index in [1.807, 2.05) is 13.8 Å². The molecule has 1 aliphatic rings. The Morgan fingerprint density at radius 1 is 1.20 bits per heavy atom. The summed E-state index contributed by atoms with van der Waals surface area (Å²) in [7, 11) is 1.71. The predicted molar refractivity (Wildman–Crippen MR) is 122 cm³/mol. The molecule has 0 bridgehead atoms. The molecule has 3 aromatic heterocycles. The average molecular weight is 510 g/mol. The maximum absolute atomic E-state index is 13.7. The SMILES string of the molecule is C[C@@H]1O[C@@H](C)CN(C(=O)c2nn(C)cc2-c2ccc(Cl)cn2)[C@@H]1CNc1cnc(C(F)(F)F)cn1. The first-order valence-corrected chi connectivity index (χ1v) is 11.2. The van der Waals surface area contributed by atoms with Gasteiger partial charge in [0.2, 0.25) is 0 Å². The zero-order valence-corrected chi connectivity index (χ0v) is 19.9. The number of amides is 1. The molecule has 35 heavy (non-hydrogen) atoms. The Kier molecular flexibility index (Phi) is 6.95. The van der Waals surface area contributed by atoms with Crippen LogP contribution in [-0.2, 0) is 18.0 Å². The number of nitrogens with one attached hydrogen (secondary N) is 1. The first-order valence-electron chi connectivity index (χ1n) is 10.8. The highest BCUT2D eigenvalue weighted by Crippen LogP contribution is 2.28. The lowest BCUT2D eigenvalue weighted by atomic mass is 10.0. The minimum atomic E-state index is -4.57. The summed E-state index contributed by atoms with van der Waals surface area (Å²) < 4.78 is 45.7. The van der Waals surface area contributed by atoms with Crippen molar-refractivity contribution in [1.29, 1.82) is 0 Å². The summed E-state index contributed by atoms with van der Waals surface area (Å²) in [6.45, 7) is 4.18. The Bertz CT molecular complexity index is 1190. The Labute approximate surface area is 204 Å². The number of ether oxygens (including phenoxy) is 1.